The highest BCUT2D eigenvalue weighted by Gasteiger charge is 1.95. The van der Waals surface area contributed by atoms with E-state index < -0.39 is 12.2 Å². The van der Waals surface area contributed by atoms with E-state index in [1.54, 1.807) is 0 Å². The predicted octanol–water partition coefficient (Wildman–Crippen LogP) is -0.632. The quantitative estimate of drug-likeness (QED) is 0.378. The number of rotatable bonds is 2. The average molecular weight is 136 g/mol. The van der Waals surface area contributed by atoms with E-state index in [2.05, 4.69) is 4.94 Å². The van der Waals surface area contributed by atoms with E-state index in [1.807, 2.05) is 0 Å². The molecule has 0 bridgehead atoms. The first-order valence-electron chi connectivity index (χ1n) is 1.76. The van der Waals surface area contributed by atoms with Gasteiger partial charge in [-0.2, -0.15) is 11.0 Å². The SMILES string of the molecule is O=C(O)NONC(=O)O. The summed E-state index contributed by atoms with van der Waals surface area (Å²) in [5.74, 6) is 0. The molecule has 0 aliphatic heterocycles. The van der Waals surface area contributed by atoms with E-state index >= 15 is 0 Å². The maximum absolute atomic E-state index is 9.51. The van der Waals surface area contributed by atoms with Crippen molar-refractivity contribution in [2.75, 3.05) is 0 Å². The molecule has 9 heavy (non-hydrogen) atoms. The van der Waals surface area contributed by atoms with Gasteiger partial charge in [-0.25, -0.2) is 9.59 Å². The van der Waals surface area contributed by atoms with Crippen LogP contribution in [0.5, 0.6) is 0 Å². The topological polar surface area (TPSA) is 108 Å². The van der Waals surface area contributed by atoms with E-state index in [-0.39, 0.29) is 0 Å². The molecule has 0 unspecified atom stereocenters. The number of hydrogen-bond donors (Lipinski definition) is 4. The Kier molecular flexibility index (Phi) is 2.91. The van der Waals surface area contributed by atoms with Gasteiger partial charge < -0.3 is 10.2 Å². The summed E-state index contributed by atoms with van der Waals surface area (Å²) in [5, 5.41) is 15.5. The molecule has 0 rings (SSSR count). The lowest BCUT2D eigenvalue weighted by molar-refractivity contribution is -0.0187. The zero-order valence-electron chi connectivity index (χ0n) is 4.12. The molecule has 0 aliphatic rings. The maximum atomic E-state index is 9.51. The Labute approximate surface area is 49.1 Å². The Balaban J connectivity index is 3.10. The standard InChI is InChI=1S/C2H4N2O5/c5-1(6)3-9-4-2(7)8/h3-4H,(H,5,6)(H,7,8). The summed E-state index contributed by atoms with van der Waals surface area (Å²) < 4.78 is 0. The fraction of sp³-hybridized carbons (Fsp3) is 0. The molecule has 0 aromatic rings. The van der Waals surface area contributed by atoms with Gasteiger partial charge in [0.1, 0.15) is 0 Å². The molecule has 2 amide bonds. The third-order valence-electron chi connectivity index (χ3n) is 0.277. The minimum atomic E-state index is -1.48. The molecule has 4 N–H and O–H groups in total. The first-order valence-corrected chi connectivity index (χ1v) is 1.76. The normalized spacial score (nSPS) is 8.00. The molecule has 0 aromatic heterocycles. The van der Waals surface area contributed by atoms with Crippen molar-refractivity contribution in [2.45, 2.75) is 0 Å². The van der Waals surface area contributed by atoms with Crippen molar-refractivity contribution in [3.8, 4) is 0 Å². The summed E-state index contributed by atoms with van der Waals surface area (Å²) in [6.45, 7) is 0. The Morgan fingerprint density at radius 3 is 1.67 bits per heavy atom. The number of nitrogens with one attached hydrogen (secondary N) is 2. The molecule has 0 aliphatic carbocycles. The Morgan fingerprint density at radius 1 is 1.11 bits per heavy atom. The highest BCUT2D eigenvalue weighted by atomic mass is 16.8. The van der Waals surface area contributed by atoms with Crippen LogP contribution >= 0.6 is 0 Å². The van der Waals surface area contributed by atoms with Gasteiger partial charge in [-0.1, -0.05) is 0 Å². The molecule has 0 heterocycles. The van der Waals surface area contributed by atoms with Gasteiger partial charge in [-0.3, -0.25) is 0 Å². The lowest BCUT2D eigenvalue weighted by Crippen LogP contribution is -2.32. The maximum Gasteiger partial charge on any atom is 0.430 e. The van der Waals surface area contributed by atoms with Crippen LogP contribution in [0, 0.1) is 0 Å². The first-order chi connectivity index (χ1) is 4.13. The van der Waals surface area contributed by atoms with Crippen LogP contribution in [0.2, 0.25) is 0 Å². The van der Waals surface area contributed by atoms with E-state index in [0.717, 1.165) is 0 Å². The number of amides is 2. The molecule has 0 atom stereocenters. The van der Waals surface area contributed by atoms with Gasteiger partial charge in [0.15, 0.2) is 0 Å². The van der Waals surface area contributed by atoms with Crippen LogP contribution in [0.1, 0.15) is 0 Å². The minimum Gasteiger partial charge on any atom is -0.463 e. The smallest absolute Gasteiger partial charge is 0.430 e. The van der Waals surface area contributed by atoms with Crippen LogP contribution in [0.15, 0.2) is 0 Å². The molecule has 0 spiro atoms. The van der Waals surface area contributed by atoms with Crippen LogP contribution in [0.25, 0.3) is 0 Å². The molecular weight excluding hydrogens is 132 g/mol. The van der Waals surface area contributed by atoms with Gasteiger partial charge in [0, 0.05) is 0 Å². The van der Waals surface area contributed by atoms with E-state index in [1.165, 1.54) is 11.0 Å². The predicted molar refractivity (Wildman–Crippen MR) is 23.4 cm³/mol. The molecule has 0 saturated heterocycles. The van der Waals surface area contributed by atoms with Gasteiger partial charge in [0.05, 0.1) is 0 Å². The van der Waals surface area contributed by atoms with Crippen LogP contribution < -0.4 is 11.0 Å². The number of carboxylic acid groups (broad SMARTS) is 2. The van der Waals surface area contributed by atoms with Crippen molar-refractivity contribution < 1.29 is 24.7 Å². The lowest BCUT2D eigenvalue weighted by atomic mass is 11.3. The minimum absolute atomic E-state index is 1.30. The van der Waals surface area contributed by atoms with E-state index in [4.69, 9.17) is 10.2 Å². The molecular formula is C2H4N2O5. The fourth-order valence-corrected chi connectivity index (χ4v) is 0.113. The summed E-state index contributed by atoms with van der Waals surface area (Å²) in [6, 6.07) is 0. The third-order valence-corrected chi connectivity index (χ3v) is 0.277. The fourth-order valence-electron chi connectivity index (χ4n) is 0.113. The molecule has 0 aromatic carbocycles. The van der Waals surface area contributed by atoms with Crippen molar-refractivity contribution in [2.24, 2.45) is 0 Å². The number of hydrogen-bond acceptors (Lipinski definition) is 3. The number of carbonyl (C=O) groups is 2. The van der Waals surface area contributed by atoms with Crippen molar-refractivity contribution in [1.82, 2.24) is 11.0 Å². The molecule has 52 valence electrons. The molecule has 0 fully saturated rings. The van der Waals surface area contributed by atoms with Crippen LogP contribution in [0.3, 0.4) is 0 Å². The Hall–Kier alpha value is -1.50. The van der Waals surface area contributed by atoms with Gasteiger partial charge in [-0.15, -0.1) is 4.94 Å². The molecule has 7 heteroatoms. The highest BCUT2D eigenvalue weighted by molar-refractivity contribution is 5.64. The van der Waals surface area contributed by atoms with Crippen molar-refractivity contribution >= 4 is 12.2 Å². The van der Waals surface area contributed by atoms with Gasteiger partial charge in [0.25, 0.3) is 0 Å². The zero-order chi connectivity index (χ0) is 7.28. The second-order valence-corrected chi connectivity index (χ2v) is 0.916. The summed E-state index contributed by atoms with van der Waals surface area (Å²) in [6.07, 6.45) is -2.97. The largest absolute Gasteiger partial charge is 0.463 e. The lowest BCUT2D eigenvalue weighted by Gasteiger charge is -1.97. The monoisotopic (exact) mass is 136 g/mol. The number of hydroxylamine groups is 2. The van der Waals surface area contributed by atoms with Gasteiger partial charge in [0.2, 0.25) is 0 Å². The summed E-state index contributed by atoms with van der Waals surface area (Å²) in [7, 11) is 0. The van der Waals surface area contributed by atoms with E-state index in [0.29, 0.717) is 0 Å². The summed E-state index contributed by atoms with van der Waals surface area (Å²) in [5.41, 5.74) is 2.60. The summed E-state index contributed by atoms with van der Waals surface area (Å²) in [4.78, 5) is 22.7. The second-order valence-electron chi connectivity index (χ2n) is 0.916. The zero-order valence-corrected chi connectivity index (χ0v) is 4.12. The summed E-state index contributed by atoms with van der Waals surface area (Å²) >= 11 is 0. The first kappa shape index (κ1) is 7.50. The molecule has 0 saturated carbocycles. The van der Waals surface area contributed by atoms with Gasteiger partial charge >= 0.3 is 12.2 Å². The Morgan fingerprint density at radius 2 is 1.44 bits per heavy atom. The highest BCUT2D eigenvalue weighted by Crippen LogP contribution is 1.61. The van der Waals surface area contributed by atoms with Crippen molar-refractivity contribution in [3.63, 3.8) is 0 Å². The molecule has 7 nitrogen and oxygen atoms in total. The second kappa shape index (κ2) is 3.50. The van der Waals surface area contributed by atoms with Crippen LogP contribution in [-0.4, -0.2) is 22.4 Å². The van der Waals surface area contributed by atoms with Crippen molar-refractivity contribution in [1.29, 1.82) is 0 Å². The van der Waals surface area contributed by atoms with E-state index in [9.17, 15) is 9.59 Å². The molecule has 0 radical (unpaired) electrons. The van der Waals surface area contributed by atoms with Crippen LogP contribution in [-0.2, 0) is 4.94 Å². The Bertz CT molecular complexity index is 108. The third kappa shape index (κ3) is 6.50. The average Bonchev–Trinajstić information content (AvgIpc) is 1.63. The van der Waals surface area contributed by atoms with Gasteiger partial charge in [-0.05, 0) is 0 Å². The van der Waals surface area contributed by atoms with Crippen molar-refractivity contribution in [3.05, 3.63) is 0 Å². The van der Waals surface area contributed by atoms with Crippen LogP contribution in [0.4, 0.5) is 9.59 Å².